The van der Waals surface area contributed by atoms with E-state index in [0.29, 0.717) is 0 Å². The van der Waals surface area contributed by atoms with Crippen molar-refractivity contribution in [2.75, 3.05) is 9.80 Å². The monoisotopic (exact) mass is 860 g/mol. The summed E-state index contributed by atoms with van der Waals surface area (Å²) in [6, 6.07) is 88.0. The van der Waals surface area contributed by atoms with Gasteiger partial charge >= 0.3 is 0 Å². The minimum Gasteiger partial charge on any atom is -0.456 e. The van der Waals surface area contributed by atoms with Gasteiger partial charge < -0.3 is 14.2 Å². The molecule has 0 unspecified atom stereocenters. The van der Waals surface area contributed by atoms with Gasteiger partial charge in [0.15, 0.2) is 0 Å². The van der Waals surface area contributed by atoms with Gasteiger partial charge in [0.1, 0.15) is 11.2 Å². The molecule has 4 heteroatoms. The van der Waals surface area contributed by atoms with Crippen LogP contribution in [0, 0.1) is 0 Å². The Hall–Kier alpha value is -8.44. The van der Waals surface area contributed by atoms with Crippen molar-refractivity contribution < 1.29 is 4.42 Å². The number of rotatable bonds is 8. The second-order valence-electron chi connectivity index (χ2n) is 16.9. The number of hydrogen-bond acceptors (Lipinski definition) is 4. The van der Waals surface area contributed by atoms with Crippen LogP contribution in [0.4, 0.5) is 34.1 Å². The van der Waals surface area contributed by atoms with Gasteiger partial charge in [0.05, 0.1) is 5.69 Å². The SMILES string of the molecule is c1ccc(N(c2cc(-c3ccc(-c4ccc5oc6ccccc6c5c4)c4ccccc34)cc(N(c3ccccc3)c3cccc4ccccc34)c2)c2ccc3sc4ccccc4c3c2)cc1. The van der Waals surface area contributed by atoms with Crippen LogP contribution < -0.4 is 9.80 Å². The molecule has 310 valence electrons. The van der Waals surface area contributed by atoms with Gasteiger partial charge in [-0.15, -0.1) is 11.3 Å². The van der Waals surface area contributed by atoms with Crippen LogP contribution in [0.1, 0.15) is 0 Å². The van der Waals surface area contributed by atoms with Gasteiger partial charge in [0.25, 0.3) is 0 Å². The second kappa shape index (κ2) is 15.7. The van der Waals surface area contributed by atoms with E-state index in [9.17, 15) is 0 Å². The van der Waals surface area contributed by atoms with E-state index < -0.39 is 0 Å². The first-order chi connectivity index (χ1) is 32.7. The Morgan fingerprint density at radius 3 is 1.64 bits per heavy atom. The molecule has 0 amide bonds. The standard InChI is InChI=1S/C62H40N2OS/c1-3-18-44(19-4-1)63(46-31-35-62-57(40-46)55-26-12-14-29-61(55)66-62)47-36-43(37-48(39-47)64(45-20-5-2-6-21-45)58-27-15-17-41-16-7-8-22-51(41)58)50-33-32-49(52-23-9-10-24-53(50)52)42-30-34-60-56(38-42)54-25-11-13-28-59(54)65-60/h1-40H. The highest BCUT2D eigenvalue weighted by Gasteiger charge is 2.22. The lowest BCUT2D eigenvalue weighted by molar-refractivity contribution is 0.669. The number of benzene rings is 11. The molecular formula is C62H40N2OS. The number of para-hydroxylation sites is 3. The van der Waals surface area contributed by atoms with E-state index in [1.54, 1.807) is 0 Å². The molecule has 3 nitrogen and oxygen atoms in total. The van der Waals surface area contributed by atoms with Crippen LogP contribution in [-0.2, 0) is 0 Å². The lowest BCUT2D eigenvalue weighted by Crippen LogP contribution is -2.14. The summed E-state index contributed by atoms with van der Waals surface area (Å²) in [7, 11) is 0. The molecular weight excluding hydrogens is 821 g/mol. The molecule has 66 heavy (non-hydrogen) atoms. The van der Waals surface area contributed by atoms with Crippen LogP contribution in [0.5, 0.6) is 0 Å². The fourth-order valence-electron chi connectivity index (χ4n) is 9.99. The largest absolute Gasteiger partial charge is 0.456 e. The second-order valence-corrected chi connectivity index (χ2v) is 18.0. The van der Waals surface area contributed by atoms with Gasteiger partial charge in [0.2, 0.25) is 0 Å². The van der Waals surface area contributed by atoms with Crippen LogP contribution in [0.25, 0.3) is 85.9 Å². The number of thiophene rings is 1. The zero-order valence-electron chi connectivity index (χ0n) is 35.8. The fourth-order valence-corrected chi connectivity index (χ4v) is 11.1. The number of anilines is 6. The molecule has 2 aromatic heterocycles. The number of hydrogen-bond donors (Lipinski definition) is 0. The van der Waals surface area contributed by atoms with Gasteiger partial charge in [0, 0.05) is 64.8 Å². The maximum atomic E-state index is 6.25. The third-order valence-electron chi connectivity index (χ3n) is 13.0. The Balaban J connectivity index is 1.07. The maximum Gasteiger partial charge on any atom is 0.135 e. The molecule has 0 N–H and O–H groups in total. The average Bonchev–Trinajstić information content (AvgIpc) is 3.95. The summed E-state index contributed by atoms with van der Waals surface area (Å²) in [5, 5.41) is 9.54. The van der Waals surface area contributed by atoms with Gasteiger partial charge in [-0.25, -0.2) is 0 Å². The van der Waals surface area contributed by atoms with Gasteiger partial charge in [-0.3, -0.25) is 0 Å². The predicted octanol–water partition coefficient (Wildman–Crippen LogP) is 18.5. The third kappa shape index (κ3) is 6.42. The van der Waals surface area contributed by atoms with E-state index in [1.165, 1.54) is 47.3 Å². The minimum atomic E-state index is 0.897. The molecule has 0 saturated carbocycles. The van der Waals surface area contributed by atoms with E-state index in [4.69, 9.17) is 4.42 Å². The molecule has 13 rings (SSSR count). The summed E-state index contributed by atoms with van der Waals surface area (Å²) in [5.41, 5.74) is 12.9. The van der Waals surface area contributed by atoms with Gasteiger partial charge in [-0.05, 0) is 129 Å². The lowest BCUT2D eigenvalue weighted by atomic mass is 9.91. The molecule has 2 heterocycles. The third-order valence-corrected chi connectivity index (χ3v) is 14.1. The van der Waals surface area contributed by atoms with E-state index >= 15 is 0 Å². The molecule has 0 bridgehead atoms. The predicted molar refractivity (Wildman–Crippen MR) is 282 cm³/mol. The minimum absolute atomic E-state index is 0.897. The van der Waals surface area contributed by atoms with Crippen molar-refractivity contribution in [3.05, 3.63) is 243 Å². The van der Waals surface area contributed by atoms with Crippen molar-refractivity contribution in [1.29, 1.82) is 0 Å². The van der Waals surface area contributed by atoms with Crippen molar-refractivity contribution in [2.45, 2.75) is 0 Å². The van der Waals surface area contributed by atoms with Crippen molar-refractivity contribution in [3.8, 4) is 22.3 Å². The quantitative estimate of drug-likeness (QED) is 0.152. The zero-order chi connectivity index (χ0) is 43.6. The number of nitrogens with zero attached hydrogens (tertiary/aromatic N) is 2. The molecule has 0 radical (unpaired) electrons. The Morgan fingerprint density at radius 2 is 0.864 bits per heavy atom. The smallest absolute Gasteiger partial charge is 0.135 e. The van der Waals surface area contributed by atoms with Crippen LogP contribution >= 0.6 is 11.3 Å². The fraction of sp³-hybridized carbons (Fsp3) is 0. The molecule has 0 spiro atoms. The first-order valence-corrected chi connectivity index (χ1v) is 23.2. The molecule has 0 fully saturated rings. The first-order valence-electron chi connectivity index (χ1n) is 22.4. The molecule has 0 saturated heterocycles. The zero-order valence-corrected chi connectivity index (χ0v) is 36.6. The summed E-state index contributed by atoms with van der Waals surface area (Å²) < 4.78 is 8.82. The van der Waals surface area contributed by atoms with E-state index in [2.05, 4.69) is 240 Å². The summed E-state index contributed by atoms with van der Waals surface area (Å²) in [6.45, 7) is 0. The van der Waals surface area contributed by atoms with E-state index in [0.717, 1.165) is 72.8 Å². The molecule has 0 aliphatic heterocycles. The van der Waals surface area contributed by atoms with E-state index in [1.807, 2.05) is 23.5 Å². The highest BCUT2D eigenvalue weighted by Crippen LogP contribution is 2.47. The molecule has 13 aromatic rings. The van der Waals surface area contributed by atoms with E-state index in [-0.39, 0.29) is 0 Å². The Labute approximate surface area is 386 Å². The summed E-state index contributed by atoms with van der Waals surface area (Å²) in [6.07, 6.45) is 0. The average molecular weight is 861 g/mol. The first kappa shape index (κ1) is 38.1. The van der Waals surface area contributed by atoms with Gasteiger partial charge in [-0.2, -0.15) is 0 Å². The van der Waals surface area contributed by atoms with Crippen LogP contribution in [0.15, 0.2) is 247 Å². The van der Waals surface area contributed by atoms with Crippen molar-refractivity contribution in [3.63, 3.8) is 0 Å². The van der Waals surface area contributed by atoms with Crippen LogP contribution in [0.2, 0.25) is 0 Å². The molecule has 11 aromatic carbocycles. The number of fused-ring (bicyclic) bond motifs is 8. The topological polar surface area (TPSA) is 19.6 Å². The Kier molecular flexibility index (Phi) is 9.03. The highest BCUT2D eigenvalue weighted by atomic mass is 32.1. The molecule has 0 aliphatic carbocycles. The molecule has 0 atom stereocenters. The van der Waals surface area contributed by atoms with Crippen molar-refractivity contribution in [1.82, 2.24) is 0 Å². The maximum absolute atomic E-state index is 6.25. The van der Waals surface area contributed by atoms with Gasteiger partial charge in [-0.1, -0.05) is 152 Å². The summed E-state index contributed by atoms with van der Waals surface area (Å²) in [5.74, 6) is 0. The van der Waals surface area contributed by atoms with Crippen LogP contribution in [0.3, 0.4) is 0 Å². The highest BCUT2D eigenvalue weighted by molar-refractivity contribution is 7.25. The van der Waals surface area contributed by atoms with Crippen LogP contribution in [-0.4, -0.2) is 0 Å². The van der Waals surface area contributed by atoms with Crippen molar-refractivity contribution >= 4 is 109 Å². The molecule has 0 aliphatic rings. The lowest BCUT2D eigenvalue weighted by Gasteiger charge is -2.31. The Morgan fingerprint density at radius 1 is 0.288 bits per heavy atom. The summed E-state index contributed by atoms with van der Waals surface area (Å²) >= 11 is 1.85. The normalized spacial score (nSPS) is 11.6. The number of furan rings is 1. The Bertz CT molecular complexity index is 3960. The van der Waals surface area contributed by atoms with Crippen molar-refractivity contribution in [2.24, 2.45) is 0 Å². The summed E-state index contributed by atoms with van der Waals surface area (Å²) in [4.78, 5) is 4.85.